The van der Waals surface area contributed by atoms with Crippen molar-refractivity contribution in [1.82, 2.24) is 9.38 Å². The summed E-state index contributed by atoms with van der Waals surface area (Å²) in [5.74, 6) is -0.217. The molecule has 0 atom stereocenters. The number of aryl methyl sites for hydroxylation is 2. The third-order valence-corrected chi connectivity index (χ3v) is 7.45. The molecule has 1 N–H and O–H groups in total. The van der Waals surface area contributed by atoms with E-state index in [1.807, 2.05) is 6.07 Å². The van der Waals surface area contributed by atoms with E-state index >= 15 is 0 Å². The van der Waals surface area contributed by atoms with Crippen LogP contribution in [0.3, 0.4) is 0 Å². The Morgan fingerprint density at radius 2 is 1.61 bits per heavy atom. The standard InChI is InChI=1S/C25H18N2O3S/c28-21(14-8-2-1-3-9-14)19-15-10-4-5-11-16(15)24(30)27-22(19)26-23(29)20-17-12-6-7-13-18(17)31-25(20)27/h1-5,8-11H,6-7,12-13H2,(H,26,29). The minimum atomic E-state index is -0.230. The average molecular weight is 426 g/mol. The van der Waals surface area contributed by atoms with Gasteiger partial charge in [0, 0.05) is 21.2 Å². The van der Waals surface area contributed by atoms with Crippen molar-refractivity contribution in [1.29, 1.82) is 0 Å². The van der Waals surface area contributed by atoms with Crippen LogP contribution in [0.15, 0.2) is 64.2 Å². The zero-order chi connectivity index (χ0) is 21.1. The van der Waals surface area contributed by atoms with Crippen molar-refractivity contribution in [3.05, 3.63) is 96.9 Å². The van der Waals surface area contributed by atoms with Gasteiger partial charge in [-0.05, 0) is 37.3 Å². The van der Waals surface area contributed by atoms with Crippen LogP contribution in [0.1, 0.15) is 39.2 Å². The van der Waals surface area contributed by atoms with Crippen molar-refractivity contribution >= 4 is 43.8 Å². The highest BCUT2D eigenvalue weighted by atomic mass is 32.1. The molecular formula is C25H18N2O3S. The lowest BCUT2D eigenvalue weighted by molar-refractivity contribution is 0.104. The fourth-order valence-corrected chi connectivity index (χ4v) is 6.13. The monoisotopic (exact) mass is 426 g/mol. The van der Waals surface area contributed by atoms with Crippen LogP contribution in [0.5, 0.6) is 0 Å². The van der Waals surface area contributed by atoms with Gasteiger partial charge < -0.3 is 4.98 Å². The lowest BCUT2D eigenvalue weighted by Crippen LogP contribution is -2.23. The van der Waals surface area contributed by atoms with Crippen molar-refractivity contribution in [3.63, 3.8) is 0 Å². The number of aromatic nitrogens is 2. The summed E-state index contributed by atoms with van der Waals surface area (Å²) >= 11 is 1.51. The van der Waals surface area contributed by atoms with Gasteiger partial charge in [0.2, 0.25) is 0 Å². The van der Waals surface area contributed by atoms with E-state index < -0.39 is 0 Å². The highest BCUT2D eigenvalue weighted by molar-refractivity contribution is 7.18. The van der Waals surface area contributed by atoms with Gasteiger partial charge in [0.05, 0.1) is 10.9 Å². The summed E-state index contributed by atoms with van der Waals surface area (Å²) < 4.78 is 1.55. The fraction of sp³-hybridized carbons (Fsp3) is 0.160. The quantitative estimate of drug-likeness (QED) is 0.335. The highest BCUT2D eigenvalue weighted by Gasteiger charge is 2.25. The Morgan fingerprint density at radius 3 is 2.42 bits per heavy atom. The Hall–Kier alpha value is -3.51. The molecule has 3 aromatic heterocycles. The molecule has 0 amide bonds. The number of nitrogens with zero attached hydrogens (tertiary/aromatic N) is 1. The summed E-state index contributed by atoms with van der Waals surface area (Å²) in [5.41, 5.74) is 1.76. The van der Waals surface area contributed by atoms with Crippen molar-refractivity contribution in [2.45, 2.75) is 25.7 Å². The molecule has 0 radical (unpaired) electrons. The number of carbonyl (C=O) groups excluding carboxylic acids is 1. The Bertz CT molecular complexity index is 1640. The number of fused-ring (bicyclic) bond motifs is 6. The number of aromatic amines is 1. The van der Waals surface area contributed by atoms with Crippen molar-refractivity contribution < 1.29 is 4.79 Å². The maximum Gasteiger partial charge on any atom is 0.265 e. The number of thiophene rings is 1. The molecule has 3 heterocycles. The average Bonchev–Trinajstić information content (AvgIpc) is 3.20. The van der Waals surface area contributed by atoms with Crippen LogP contribution in [0.2, 0.25) is 0 Å². The van der Waals surface area contributed by atoms with Crippen LogP contribution in [0.25, 0.3) is 26.6 Å². The number of carbonyl (C=O) groups is 1. The Labute approximate surface area is 180 Å². The van der Waals surface area contributed by atoms with E-state index in [9.17, 15) is 14.4 Å². The van der Waals surface area contributed by atoms with Crippen LogP contribution in [-0.2, 0) is 12.8 Å². The first kappa shape index (κ1) is 18.3. The zero-order valence-electron chi connectivity index (χ0n) is 16.6. The van der Waals surface area contributed by atoms with Crippen molar-refractivity contribution in [3.8, 4) is 0 Å². The second-order valence-corrected chi connectivity index (χ2v) is 9.03. The second kappa shape index (κ2) is 6.75. The number of H-pyrrole nitrogens is 1. The van der Waals surface area contributed by atoms with E-state index in [0.717, 1.165) is 31.2 Å². The Morgan fingerprint density at radius 1 is 0.903 bits per heavy atom. The van der Waals surface area contributed by atoms with Gasteiger partial charge in [-0.25, -0.2) is 0 Å². The summed E-state index contributed by atoms with van der Waals surface area (Å²) in [6, 6.07) is 16.1. The zero-order valence-corrected chi connectivity index (χ0v) is 17.4. The van der Waals surface area contributed by atoms with Crippen LogP contribution < -0.4 is 11.1 Å². The van der Waals surface area contributed by atoms with E-state index in [1.165, 1.54) is 16.2 Å². The minimum absolute atomic E-state index is 0.213. The normalized spacial score (nSPS) is 13.7. The molecule has 1 aliphatic rings. The van der Waals surface area contributed by atoms with Gasteiger partial charge in [0.1, 0.15) is 10.5 Å². The molecular weight excluding hydrogens is 408 g/mol. The van der Waals surface area contributed by atoms with E-state index in [-0.39, 0.29) is 22.5 Å². The molecule has 6 rings (SSSR count). The summed E-state index contributed by atoms with van der Waals surface area (Å²) in [4.78, 5) is 45.1. The summed E-state index contributed by atoms with van der Waals surface area (Å²) in [6.07, 6.45) is 3.90. The van der Waals surface area contributed by atoms with E-state index in [0.29, 0.717) is 32.1 Å². The number of pyridine rings is 1. The molecule has 5 aromatic rings. The third-order valence-electron chi connectivity index (χ3n) is 6.17. The summed E-state index contributed by atoms with van der Waals surface area (Å²) in [7, 11) is 0. The topological polar surface area (TPSA) is 71.4 Å². The Balaban J connectivity index is 1.84. The highest BCUT2D eigenvalue weighted by Crippen LogP contribution is 2.35. The molecule has 152 valence electrons. The molecule has 0 unspecified atom stereocenters. The van der Waals surface area contributed by atoms with E-state index in [1.54, 1.807) is 52.9 Å². The predicted molar refractivity (Wildman–Crippen MR) is 124 cm³/mol. The molecule has 5 nitrogen and oxygen atoms in total. The van der Waals surface area contributed by atoms with Gasteiger partial charge in [0.25, 0.3) is 11.1 Å². The van der Waals surface area contributed by atoms with Crippen LogP contribution in [0, 0.1) is 0 Å². The molecule has 1 aliphatic carbocycles. The molecule has 0 saturated heterocycles. The van der Waals surface area contributed by atoms with Crippen molar-refractivity contribution in [2.24, 2.45) is 0 Å². The minimum Gasteiger partial charge on any atom is -0.307 e. The van der Waals surface area contributed by atoms with Gasteiger partial charge in [-0.1, -0.05) is 48.5 Å². The van der Waals surface area contributed by atoms with Crippen LogP contribution >= 0.6 is 11.3 Å². The first-order valence-electron chi connectivity index (χ1n) is 10.4. The van der Waals surface area contributed by atoms with Crippen LogP contribution in [-0.4, -0.2) is 15.2 Å². The molecule has 0 bridgehead atoms. The van der Waals surface area contributed by atoms with E-state index in [4.69, 9.17) is 0 Å². The summed E-state index contributed by atoms with van der Waals surface area (Å²) in [6.45, 7) is 0. The number of nitrogens with one attached hydrogen (secondary N) is 1. The molecule has 2 aromatic carbocycles. The first-order valence-corrected chi connectivity index (χ1v) is 11.2. The summed E-state index contributed by atoms with van der Waals surface area (Å²) in [5, 5.41) is 1.62. The molecule has 0 aliphatic heterocycles. The van der Waals surface area contributed by atoms with Crippen molar-refractivity contribution in [2.75, 3.05) is 0 Å². The van der Waals surface area contributed by atoms with Gasteiger partial charge in [-0.2, -0.15) is 0 Å². The maximum absolute atomic E-state index is 13.6. The van der Waals surface area contributed by atoms with Gasteiger partial charge in [0.15, 0.2) is 5.78 Å². The second-order valence-electron chi connectivity index (χ2n) is 7.95. The fourth-order valence-electron chi connectivity index (χ4n) is 4.74. The molecule has 0 fully saturated rings. The molecule has 0 saturated carbocycles. The number of hydrogen-bond acceptors (Lipinski definition) is 4. The predicted octanol–water partition coefficient (Wildman–Crippen LogP) is 4.47. The number of ketones is 1. The molecule has 0 spiro atoms. The molecule has 31 heavy (non-hydrogen) atoms. The van der Waals surface area contributed by atoms with Gasteiger partial charge >= 0.3 is 0 Å². The first-order chi connectivity index (χ1) is 15.1. The SMILES string of the molecule is O=C(c1ccccc1)c1c2ccccc2c(=O)n2c1[nH]c(=O)c1c3c(sc12)CCCC3. The number of benzene rings is 2. The number of hydrogen-bond donors (Lipinski definition) is 1. The third kappa shape index (κ3) is 2.58. The Kier molecular flexibility index (Phi) is 3.98. The largest absolute Gasteiger partial charge is 0.307 e. The lowest BCUT2D eigenvalue weighted by atomic mass is 9.96. The smallest absolute Gasteiger partial charge is 0.265 e. The number of rotatable bonds is 2. The maximum atomic E-state index is 13.6. The van der Waals surface area contributed by atoms with Crippen LogP contribution in [0.4, 0.5) is 0 Å². The molecule has 6 heteroatoms. The van der Waals surface area contributed by atoms with E-state index in [2.05, 4.69) is 4.98 Å². The van der Waals surface area contributed by atoms with Gasteiger partial charge in [-0.15, -0.1) is 11.3 Å². The lowest BCUT2D eigenvalue weighted by Gasteiger charge is -2.12. The van der Waals surface area contributed by atoms with Gasteiger partial charge in [-0.3, -0.25) is 18.8 Å².